The van der Waals surface area contributed by atoms with E-state index < -0.39 is 29.3 Å². The first-order valence-electron chi connectivity index (χ1n) is 14.2. The molecule has 2 aliphatic heterocycles. The smallest absolute Gasteiger partial charge is 0.408 e. The minimum atomic E-state index is -1.05. The topological polar surface area (TPSA) is 117 Å². The molecule has 1 aromatic carbocycles. The number of aryl methyl sites for hydroxylation is 1. The molecule has 4 rings (SSSR count). The van der Waals surface area contributed by atoms with E-state index in [1.165, 1.54) is 0 Å². The minimum Gasteiger partial charge on any atom is -0.444 e. The summed E-state index contributed by atoms with van der Waals surface area (Å²) in [4.78, 5) is 54.9. The standard InChI is InChI=1S/C30H42N4O5/c1-20-14-16-22(17-15-20)31-27(37)30-19-21(30)11-8-6-5-7-9-12-23(32-28(38)39-29(2,3)4)26(36)34-18-10-13-24(34)25(35)33-30/h8,11,14-17,21,23-24H,5-7,9-10,12-13,18-19H2,1-4H3,(H,31,37)(H,32,38)(H,33,35)/b11-8-. The number of nitrogens with zero attached hydrogens (tertiary/aromatic N) is 1. The Kier molecular flexibility index (Phi) is 8.67. The van der Waals surface area contributed by atoms with Crippen LogP contribution in [0.4, 0.5) is 10.5 Å². The van der Waals surface area contributed by atoms with Crippen LogP contribution < -0.4 is 16.0 Å². The lowest BCUT2D eigenvalue weighted by atomic mass is 10.0. The number of allylic oxidation sites excluding steroid dienone is 1. The number of amides is 4. The van der Waals surface area contributed by atoms with Crippen LogP contribution in [0.2, 0.25) is 0 Å². The fourth-order valence-electron chi connectivity index (χ4n) is 5.42. The Hall–Kier alpha value is -3.36. The fourth-order valence-corrected chi connectivity index (χ4v) is 5.42. The van der Waals surface area contributed by atoms with Gasteiger partial charge in [0.2, 0.25) is 11.8 Å². The third kappa shape index (κ3) is 7.19. The molecule has 9 heteroatoms. The third-order valence-electron chi connectivity index (χ3n) is 7.64. The molecule has 9 nitrogen and oxygen atoms in total. The molecule has 1 aliphatic carbocycles. The van der Waals surface area contributed by atoms with E-state index in [9.17, 15) is 19.2 Å². The zero-order valence-corrected chi connectivity index (χ0v) is 23.5. The van der Waals surface area contributed by atoms with E-state index in [0.717, 1.165) is 31.2 Å². The van der Waals surface area contributed by atoms with Crippen molar-refractivity contribution in [1.82, 2.24) is 15.5 Å². The highest BCUT2D eigenvalue weighted by Crippen LogP contribution is 2.46. The lowest BCUT2D eigenvalue weighted by Gasteiger charge is -2.30. The molecule has 2 fully saturated rings. The fraction of sp³-hybridized carbons (Fsp3) is 0.600. The van der Waals surface area contributed by atoms with Crippen LogP contribution in [0.5, 0.6) is 0 Å². The highest BCUT2D eigenvalue weighted by Gasteiger charge is 2.60. The number of anilines is 1. The minimum absolute atomic E-state index is 0.107. The zero-order valence-electron chi connectivity index (χ0n) is 23.5. The Morgan fingerprint density at radius 2 is 1.79 bits per heavy atom. The molecule has 4 atom stereocenters. The summed E-state index contributed by atoms with van der Waals surface area (Å²) >= 11 is 0. The number of ether oxygens (including phenoxy) is 1. The average Bonchev–Trinajstić information content (AvgIpc) is 3.32. The number of hydrogen-bond donors (Lipinski definition) is 3. The summed E-state index contributed by atoms with van der Waals surface area (Å²) < 4.78 is 5.41. The number of rotatable bonds is 3. The van der Waals surface area contributed by atoms with Crippen LogP contribution in [0.25, 0.3) is 0 Å². The number of hydrogen-bond acceptors (Lipinski definition) is 5. The van der Waals surface area contributed by atoms with Crippen LogP contribution in [-0.2, 0) is 19.1 Å². The van der Waals surface area contributed by atoms with Gasteiger partial charge in [-0.05, 0) is 78.4 Å². The molecule has 1 aromatic rings. The number of nitrogens with one attached hydrogen (secondary N) is 3. The second-order valence-electron chi connectivity index (χ2n) is 12.0. The third-order valence-corrected chi connectivity index (χ3v) is 7.64. The summed E-state index contributed by atoms with van der Waals surface area (Å²) in [6.45, 7) is 7.73. The van der Waals surface area contributed by atoms with Crippen LogP contribution in [-0.4, -0.2) is 58.5 Å². The normalized spacial score (nSPS) is 28.6. The van der Waals surface area contributed by atoms with Gasteiger partial charge in [0.05, 0.1) is 0 Å². The average molecular weight is 539 g/mol. The predicted octanol–water partition coefficient (Wildman–Crippen LogP) is 4.21. The molecule has 4 unspecified atom stereocenters. The molecule has 2 heterocycles. The summed E-state index contributed by atoms with van der Waals surface area (Å²) in [5, 5.41) is 8.77. The van der Waals surface area contributed by atoms with Crippen LogP contribution in [0, 0.1) is 12.8 Å². The van der Waals surface area contributed by atoms with Crippen molar-refractivity contribution in [3.8, 4) is 0 Å². The van der Waals surface area contributed by atoms with Gasteiger partial charge in [-0.2, -0.15) is 0 Å². The zero-order chi connectivity index (χ0) is 28.2. The first kappa shape index (κ1) is 28.6. The van der Waals surface area contributed by atoms with Crippen molar-refractivity contribution in [1.29, 1.82) is 0 Å². The number of alkyl carbamates (subject to hydrolysis) is 1. The monoisotopic (exact) mass is 538 g/mol. The van der Waals surface area contributed by atoms with Gasteiger partial charge < -0.3 is 25.6 Å². The van der Waals surface area contributed by atoms with Crippen LogP contribution in [0.1, 0.15) is 77.7 Å². The second kappa shape index (κ2) is 11.8. The van der Waals surface area contributed by atoms with Gasteiger partial charge in [0, 0.05) is 18.2 Å². The molecule has 0 aromatic heterocycles. The first-order valence-corrected chi connectivity index (χ1v) is 14.2. The summed E-state index contributed by atoms with van der Waals surface area (Å²) in [5.41, 5.74) is 0.0211. The van der Waals surface area contributed by atoms with E-state index in [2.05, 4.69) is 22.0 Å². The lowest BCUT2D eigenvalue weighted by Crippen LogP contribution is -2.57. The van der Waals surface area contributed by atoms with Crippen molar-refractivity contribution < 1.29 is 23.9 Å². The number of benzene rings is 1. The Morgan fingerprint density at radius 3 is 2.51 bits per heavy atom. The maximum absolute atomic E-state index is 13.7. The molecule has 3 aliphatic rings. The molecule has 39 heavy (non-hydrogen) atoms. The molecule has 1 saturated heterocycles. The molecular weight excluding hydrogens is 496 g/mol. The van der Waals surface area contributed by atoms with Crippen molar-refractivity contribution in [2.75, 3.05) is 11.9 Å². The van der Waals surface area contributed by atoms with Crippen molar-refractivity contribution in [2.45, 2.75) is 102 Å². The van der Waals surface area contributed by atoms with Crippen molar-refractivity contribution in [3.05, 3.63) is 42.0 Å². The van der Waals surface area contributed by atoms with E-state index >= 15 is 0 Å². The van der Waals surface area contributed by atoms with E-state index in [-0.39, 0.29) is 23.6 Å². The largest absolute Gasteiger partial charge is 0.444 e. The molecule has 0 spiro atoms. The molecule has 0 bridgehead atoms. The van der Waals surface area contributed by atoms with E-state index in [0.29, 0.717) is 37.9 Å². The van der Waals surface area contributed by atoms with Gasteiger partial charge in [-0.3, -0.25) is 14.4 Å². The number of carbonyl (C=O) groups is 4. The number of fused-ring (bicyclic) bond motifs is 2. The van der Waals surface area contributed by atoms with Crippen molar-refractivity contribution in [3.63, 3.8) is 0 Å². The number of carbonyl (C=O) groups excluding carboxylic acids is 4. The van der Waals surface area contributed by atoms with Gasteiger partial charge in [-0.1, -0.05) is 42.7 Å². The van der Waals surface area contributed by atoms with Gasteiger partial charge in [-0.25, -0.2) is 4.79 Å². The molecule has 4 amide bonds. The Labute approximate surface area is 231 Å². The summed E-state index contributed by atoms with van der Waals surface area (Å²) in [6, 6.07) is 6.08. The van der Waals surface area contributed by atoms with Crippen molar-refractivity contribution >= 4 is 29.5 Å². The summed E-state index contributed by atoms with van der Waals surface area (Å²) in [7, 11) is 0. The maximum atomic E-state index is 13.7. The highest BCUT2D eigenvalue weighted by molar-refractivity contribution is 6.04. The van der Waals surface area contributed by atoms with Gasteiger partial charge in [0.1, 0.15) is 23.2 Å². The highest BCUT2D eigenvalue weighted by atomic mass is 16.6. The van der Waals surface area contributed by atoms with Gasteiger partial charge in [0.25, 0.3) is 5.91 Å². The molecular formula is C30H42N4O5. The Balaban J connectivity index is 1.54. The van der Waals surface area contributed by atoms with E-state index in [1.54, 1.807) is 25.7 Å². The van der Waals surface area contributed by atoms with E-state index in [1.807, 2.05) is 37.3 Å². The van der Waals surface area contributed by atoms with Gasteiger partial charge in [-0.15, -0.1) is 0 Å². The van der Waals surface area contributed by atoms with Crippen LogP contribution in [0.15, 0.2) is 36.4 Å². The van der Waals surface area contributed by atoms with Crippen molar-refractivity contribution in [2.24, 2.45) is 5.92 Å². The van der Waals surface area contributed by atoms with E-state index in [4.69, 9.17) is 4.74 Å². The SMILES string of the molecule is Cc1ccc(NC(=O)C23CC2/C=C\CCCCCC(NC(=O)OC(C)(C)C)C(=O)N2CCCC2C(=O)N3)cc1. The molecule has 3 N–H and O–H groups in total. The lowest BCUT2D eigenvalue weighted by molar-refractivity contribution is -0.141. The van der Waals surface area contributed by atoms with Gasteiger partial charge >= 0.3 is 6.09 Å². The van der Waals surface area contributed by atoms with Crippen LogP contribution >= 0.6 is 0 Å². The molecule has 1 saturated carbocycles. The first-order chi connectivity index (χ1) is 18.5. The van der Waals surface area contributed by atoms with Crippen LogP contribution in [0.3, 0.4) is 0 Å². The second-order valence-corrected chi connectivity index (χ2v) is 12.0. The Bertz CT molecular complexity index is 1110. The Morgan fingerprint density at radius 1 is 1.05 bits per heavy atom. The summed E-state index contributed by atoms with van der Waals surface area (Å²) in [5.74, 6) is -0.970. The van der Waals surface area contributed by atoms with Gasteiger partial charge in [0.15, 0.2) is 0 Å². The molecule has 0 radical (unpaired) electrons. The quantitative estimate of drug-likeness (QED) is 0.499. The summed E-state index contributed by atoms with van der Waals surface area (Å²) in [6.07, 6.45) is 9.07. The predicted molar refractivity (Wildman–Crippen MR) is 149 cm³/mol. The molecule has 212 valence electrons. The maximum Gasteiger partial charge on any atom is 0.408 e.